The third-order valence-corrected chi connectivity index (χ3v) is 6.41. The molecule has 3 rings (SSSR count). The van der Waals surface area contributed by atoms with Gasteiger partial charge < -0.3 is 9.64 Å². The Morgan fingerprint density at radius 1 is 1.07 bits per heavy atom. The van der Waals surface area contributed by atoms with Crippen LogP contribution in [0.2, 0.25) is 0 Å². The van der Waals surface area contributed by atoms with Gasteiger partial charge in [-0.2, -0.15) is 0 Å². The fraction of sp³-hybridized carbons (Fsp3) is 0.333. The van der Waals surface area contributed by atoms with Gasteiger partial charge in [-0.15, -0.1) is 0 Å². The lowest BCUT2D eigenvalue weighted by Crippen LogP contribution is -2.40. The number of nitrogens with zero attached hydrogens (tertiary/aromatic N) is 1. The van der Waals surface area contributed by atoms with E-state index in [0.29, 0.717) is 37.2 Å². The number of likely N-dealkylation sites (tertiary alicyclic amines) is 1. The number of hydrogen-bond donors (Lipinski definition) is 1. The van der Waals surface area contributed by atoms with E-state index < -0.39 is 10.0 Å². The van der Waals surface area contributed by atoms with Gasteiger partial charge in [0, 0.05) is 24.3 Å². The molecule has 0 unspecified atom stereocenters. The Labute approximate surface area is 170 Å². The first-order valence-electron chi connectivity index (χ1n) is 9.37. The number of methoxy groups -OCH3 is 1. The number of hydrogen-bond acceptors (Lipinski definition) is 5. The summed E-state index contributed by atoms with van der Waals surface area (Å²) in [4.78, 5) is 26.3. The largest absolute Gasteiger partial charge is 0.469 e. The van der Waals surface area contributed by atoms with E-state index in [1.54, 1.807) is 35.2 Å². The van der Waals surface area contributed by atoms with Gasteiger partial charge in [0.25, 0.3) is 15.9 Å². The first-order chi connectivity index (χ1) is 13.8. The zero-order valence-electron chi connectivity index (χ0n) is 16.4. The van der Waals surface area contributed by atoms with Gasteiger partial charge in [0.05, 0.1) is 17.9 Å². The van der Waals surface area contributed by atoms with Gasteiger partial charge in [-0.3, -0.25) is 14.3 Å². The van der Waals surface area contributed by atoms with Crippen LogP contribution in [0.1, 0.15) is 28.8 Å². The second-order valence-electron chi connectivity index (χ2n) is 7.09. The van der Waals surface area contributed by atoms with Gasteiger partial charge in [0.15, 0.2) is 0 Å². The van der Waals surface area contributed by atoms with Crippen LogP contribution in [0.25, 0.3) is 0 Å². The number of anilines is 1. The molecule has 1 saturated heterocycles. The Balaban J connectivity index is 1.70. The molecule has 1 N–H and O–H groups in total. The lowest BCUT2D eigenvalue weighted by Gasteiger charge is -2.30. The minimum absolute atomic E-state index is 0.157. The SMILES string of the molecule is COC(=O)C1CCN(C(=O)c2cccc(NS(=O)(=O)c3ccc(C)cc3)c2)CC1. The van der Waals surface area contributed by atoms with Gasteiger partial charge in [-0.05, 0) is 50.1 Å². The number of aryl methyl sites for hydroxylation is 1. The summed E-state index contributed by atoms with van der Waals surface area (Å²) in [6.07, 6.45) is 1.11. The molecule has 0 aliphatic carbocycles. The Kier molecular flexibility index (Phi) is 6.22. The fourth-order valence-corrected chi connectivity index (χ4v) is 4.36. The van der Waals surface area contributed by atoms with Crippen molar-refractivity contribution < 1.29 is 22.7 Å². The van der Waals surface area contributed by atoms with E-state index in [1.165, 1.54) is 25.3 Å². The van der Waals surface area contributed by atoms with Crippen LogP contribution in [0.15, 0.2) is 53.4 Å². The highest BCUT2D eigenvalue weighted by atomic mass is 32.2. The minimum Gasteiger partial charge on any atom is -0.469 e. The maximum absolute atomic E-state index is 12.8. The molecule has 1 heterocycles. The normalized spacial score (nSPS) is 15.0. The molecule has 7 nitrogen and oxygen atoms in total. The number of esters is 1. The molecule has 0 aromatic heterocycles. The molecule has 0 saturated carbocycles. The molecule has 1 fully saturated rings. The number of carbonyl (C=O) groups excluding carboxylic acids is 2. The average molecular weight is 416 g/mol. The van der Waals surface area contributed by atoms with E-state index >= 15 is 0 Å². The molecule has 2 aromatic carbocycles. The van der Waals surface area contributed by atoms with E-state index in [2.05, 4.69) is 4.72 Å². The Bertz CT molecular complexity index is 994. The van der Waals surface area contributed by atoms with Crippen LogP contribution in [0.3, 0.4) is 0 Å². The molecule has 0 bridgehead atoms. The van der Waals surface area contributed by atoms with Crippen LogP contribution in [-0.4, -0.2) is 45.4 Å². The van der Waals surface area contributed by atoms with E-state index in [9.17, 15) is 18.0 Å². The highest BCUT2D eigenvalue weighted by molar-refractivity contribution is 7.92. The fourth-order valence-electron chi connectivity index (χ4n) is 3.31. The third-order valence-electron chi connectivity index (χ3n) is 5.01. The summed E-state index contributed by atoms with van der Waals surface area (Å²) in [7, 11) is -2.38. The number of carbonyl (C=O) groups is 2. The van der Waals surface area contributed by atoms with Crippen LogP contribution in [0, 0.1) is 12.8 Å². The second-order valence-corrected chi connectivity index (χ2v) is 8.77. The van der Waals surface area contributed by atoms with Crippen molar-refractivity contribution in [1.29, 1.82) is 0 Å². The minimum atomic E-state index is -3.74. The van der Waals surface area contributed by atoms with Crippen LogP contribution < -0.4 is 4.72 Å². The predicted octanol–water partition coefficient (Wildman–Crippen LogP) is 2.82. The molecule has 1 aliphatic heterocycles. The third kappa shape index (κ3) is 4.95. The van der Waals surface area contributed by atoms with E-state index in [0.717, 1.165) is 5.56 Å². The summed E-state index contributed by atoms with van der Waals surface area (Å²) in [6, 6.07) is 13.0. The molecule has 0 spiro atoms. The Hall–Kier alpha value is -2.87. The molecular weight excluding hydrogens is 392 g/mol. The van der Waals surface area contributed by atoms with E-state index in [1.807, 2.05) is 6.92 Å². The van der Waals surface area contributed by atoms with E-state index in [4.69, 9.17) is 4.74 Å². The maximum atomic E-state index is 12.8. The predicted molar refractivity (Wildman–Crippen MR) is 109 cm³/mol. The van der Waals surface area contributed by atoms with Crippen molar-refractivity contribution in [3.8, 4) is 0 Å². The highest BCUT2D eigenvalue weighted by Crippen LogP contribution is 2.22. The maximum Gasteiger partial charge on any atom is 0.308 e. The Morgan fingerprint density at radius 3 is 2.34 bits per heavy atom. The monoisotopic (exact) mass is 416 g/mol. The summed E-state index contributed by atoms with van der Waals surface area (Å²) in [5.41, 5.74) is 1.68. The molecule has 0 atom stereocenters. The molecule has 0 radical (unpaired) electrons. The van der Waals surface area contributed by atoms with Crippen molar-refractivity contribution in [3.05, 3.63) is 59.7 Å². The van der Waals surface area contributed by atoms with Crippen molar-refractivity contribution in [1.82, 2.24) is 4.90 Å². The molecule has 154 valence electrons. The molecule has 29 heavy (non-hydrogen) atoms. The second kappa shape index (κ2) is 8.65. The smallest absolute Gasteiger partial charge is 0.308 e. The number of piperidine rings is 1. The standard InChI is InChI=1S/C21H24N2O5S/c1-15-6-8-19(9-7-15)29(26,27)22-18-5-3-4-17(14-18)20(24)23-12-10-16(11-13-23)21(25)28-2/h3-9,14,16,22H,10-13H2,1-2H3. The van der Waals surface area contributed by atoms with Crippen LogP contribution in [0.5, 0.6) is 0 Å². The summed E-state index contributed by atoms with van der Waals surface area (Å²) in [6.45, 7) is 2.79. The zero-order valence-corrected chi connectivity index (χ0v) is 17.2. The van der Waals surface area contributed by atoms with E-state index in [-0.39, 0.29) is 22.7 Å². The number of sulfonamides is 1. The Morgan fingerprint density at radius 2 is 1.72 bits per heavy atom. The lowest BCUT2D eigenvalue weighted by molar-refractivity contribution is -0.146. The number of nitrogens with one attached hydrogen (secondary N) is 1. The topological polar surface area (TPSA) is 92.8 Å². The van der Waals surface area contributed by atoms with Crippen LogP contribution in [0.4, 0.5) is 5.69 Å². The van der Waals surface area contributed by atoms with Crippen LogP contribution in [-0.2, 0) is 19.6 Å². The van der Waals surface area contributed by atoms with Gasteiger partial charge >= 0.3 is 5.97 Å². The summed E-state index contributed by atoms with van der Waals surface area (Å²) in [5.74, 6) is -0.619. The van der Waals surface area contributed by atoms with Crippen molar-refractivity contribution >= 4 is 27.6 Å². The van der Waals surface area contributed by atoms with Gasteiger partial charge in [-0.1, -0.05) is 23.8 Å². The molecule has 2 aromatic rings. The van der Waals surface area contributed by atoms with Gasteiger partial charge in [0.1, 0.15) is 0 Å². The number of ether oxygens (including phenoxy) is 1. The molecule has 8 heteroatoms. The van der Waals surface area contributed by atoms with Crippen molar-refractivity contribution in [2.45, 2.75) is 24.7 Å². The first kappa shape index (κ1) is 20.9. The number of rotatable bonds is 5. The lowest BCUT2D eigenvalue weighted by atomic mass is 9.96. The highest BCUT2D eigenvalue weighted by Gasteiger charge is 2.28. The zero-order chi connectivity index (χ0) is 21.0. The number of amides is 1. The molecule has 1 aliphatic rings. The summed E-state index contributed by atoms with van der Waals surface area (Å²) >= 11 is 0. The van der Waals surface area contributed by atoms with Crippen molar-refractivity contribution in [2.24, 2.45) is 5.92 Å². The number of benzene rings is 2. The first-order valence-corrected chi connectivity index (χ1v) is 10.8. The molecular formula is C21H24N2O5S. The van der Waals surface area contributed by atoms with Crippen LogP contribution >= 0.6 is 0 Å². The average Bonchev–Trinajstić information content (AvgIpc) is 2.73. The van der Waals surface area contributed by atoms with Gasteiger partial charge in [0.2, 0.25) is 0 Å². The quantitative estimate of drug-likeness (QED) is 0.757. The van der Waals surface area contributed by atoms with Gasteiger partial charge in [-0.25, -0.2) is 8.42 Å². The van der Waals surface area contributed by atoms with Crippen molar-refractivity contribution in [3.63, 3.8) is 0 Å². The summed E-state index contributed by atoms with van der Waals surface area (Å²) in [5, 5.41) is 0. The molecule has 1 amide bonds. The van der Waals surface area contributed by atoms with Crippen molar-refractivity contribution in [2.75, 3.05) is 24.9 Å². The summed E-state index contributed by atoms with van der Waals surface area (Å²) < 4.78 is 32.4.